The van der Waals surface area contributed by atoms with E-state index in [-0.39, 0.29) is 12.2 Å². The number of rotatable bonds is 5. The number of benzene rings is 3. The number of carbonyl (C=O) groups excluding carboxylic acids is 2. The van der Waals surface area contributed by atoms with Crippen molar-refractivity contribution in [3.63, 3.8) is 0 Å². The maximum absolute atomic E-state index is 12.4. The second kappa shape index (κ2) is 9.06. The molecule has 1 amide bonds. The predicted molar refractivity (Wildman–Crippen MR) is 115 cm³/mol. The number of pyridine rings is 1. The number of hydrogen-bond acceptors (Lipinski definition) is 6. The largest absolute Gasteiger partial charge is 0.489 e. The van der Waals surface area contributed by atoms with Crippen LogP contribution < -0.4 is 10.6 Å². The fourth-order valence-electron chi connectivity index (χ4n) is 3.06. The number of nitrogens with two attached hydrogens (primary N) is 1. The first kappa shape index (κ1) is 20.1. The minimum Gasteiger partial charge on any atom is -0.489 e. The van der Waals surface area contributed by atoms with Gasteiger partial charge < -0.3 is 9.57 Å². The molecule has 0 saturated heterocycles. The van der Waals surface area contributed by atoms with Crippen LogP contribution in [0.15, 0.2) is 91.3 Å². The van der Waals surface area contributed by atoms with Gasteiger partial charge in [-0.3, -0.25) is 9.78 Å². The molecule has 0 unspecified atom stereocenters. The van der Waals surface area contributed by atoms with Crippen LogP contribution in [0.5, 0.6) is 5.75 Å². The molecule has 2 N–H and O–H groups in total. The number of nitrogens with zero attached hydrogens (tertiary/aromatic N) is 2. The van der Waals surface area contributed by atoms with E-state index in [2.05, 4.69) is 4.98 Å². The number of aromatic nitrogens is 1. The van der Waals surface area contributed by atoms with Crippen molar-refractivity contribution < 1.29 is 19.2 Å². The summed E-state index contributed by atoms with van der Waals surface area (Å²) in [4.78, 5) is 33.9. The summed E-state index contributed by atoms with van der Waals surface area (Å²) in [6, 6.07) is 22.7. The van der Waals surface area contributed by atoms with Gasteiger partial charge in [0.15, 0.2) is 0 Å². The van der Waals surface area contributed by atoms with Gasteiger partial charge in [0.1, 0.15) is 12.4 Å². The first-order valence-corrected chi connectivity index (χ1v) is 9.53. The highest BCUT2D eigenvalue weighted by atomic mass is 16.7. The minimum atomic E-state index is -0.774. The van der Waals surface area contributed by atoms with Gasteiger partial charge >= 0.3 is 11.9 Å². The van der Waals surface area contributed by atoms with Crippen molar-refractivity contribution in [2.24, 2.45) is 5.84 Å². The number of amides is 1. The standard InChI is InChI=1S/C24H19N3O4/c25-27(23(28)17-7-2-1-3-8-17)31-24(29)18-10-6-11-21(13-18)30-16-20-15-26-14-19-9-4-5-12-22(19)20/h1-15H,16,25H2. The van der Waals surface area contributed by atoms with Crippen LogP contribution in [0.4, 0.5) is 0 Å². The van der Waals surface area contributed by atoms with Gasteiger partial charge in [0, 0.05) is 28.9 Å². The zero-order valence-corrected chi connectivity index (χ0v) is 16.5. The van der Waals surface area contributed by atoms with Gasteiger partial charge in [-0.15, -0.1) is 0 Å². The Balaban J connectivity index is 1.43. The van der Waals surface area contributed by atoms with E-state index < -0.39 is 11.9 Å². The zero-order valence-electron chi connectivity index (χ0n) is 16.5. The molecule has 3 aromatic carbocycles. The van der Waals surface area contributed by atoms with E-state index in [9.17, 15) is 9.59 Å². The molecule has 0 aliphatic carbocycles. The highest BCUT2D eigenvalue weighted by molar-refractivity contribution is 5.95. The molecule has 0 radical (unpaired) electrons. The van der Waals surface area contributed by atoms with Crippen LogP contribution in [-0.4, -0.2) is 22.0 Å². The number of fused-ring (bicyclic) bond motifs is 1. The maximum atomic E-state index is 12.4. The topological polar surface area (TPSA) is 94.8 Å². The van der Waals surface area contributed by atoms with E-state index >= 15 is 0 Å². The Morgan fingerprint density at radius 3 is 2.45 bits per heavy atom. The van der Waals surface area contributed by atoms with Crippen molar-refractivity contribution in [1.82, 2.24) is 10.2 Å². The third-order valence-electron chi connectivity index (χ3n) is 4.62. The molecule has 31 heavy (non-hydrogen) atoms. The number of hydrazine groups is 1. The average molecular weight is 413 g/mol. The average Bonchev–Trinajstić information content (AvgIpc) is 2.83. The zero-order chi connectivity index (χ0) is 21.6. The third kappa shape index (κ3) is 4.68. The molecular formula is C24H19N3O4. The van der Waals surface area contributed by atoms with Crippen molar-refractivity contribution in [3.8, 4) is 5.75 Å². The Morgan fingerprint density at radius 1 is 0.871 bits per heavy atom. The molecule has 7 heteroatoms. The molecule has 0 aliphatic rings. The van der Waals surface area contributed by atoms with Crippen molar-refractivity contribution in [2.45, 2.75) is 6.61 Å². The van der Waals surface area contributed by atoms with Gasteiger partial charge in [-0.1, -0.05) is 53.7 Å². The first-order chi connectivity index (χ1) is 15.1. The molecule has 1 aromatic heterocycles. The lowest BCUT2D eigenvalue weighted by Gasteiger charge is -2.15. The maximum Gasteiger partial charge on any atom is 0.365 e. The molecule has 154 valence electrons. The quantitative estimate of drug-likeness (QED) is 0.303. The molecule has 4 aromatic rings. The van der Waals surface area contributed by atoms with Gasteiger partial charge in [-0.05, 0) is 35.7 Å². The number of hydrogen-bond donors (Lipinski definition) is 1. The summed E-state index contributed by atoms with van der Waals surface area (Å²) in [6.07, 6.45) is 3.55. The summed E-state index contributed by atoms with van der Waals surface area (Å²) in [7, 11) is 0. The Hall–Kier alpha value is -4.23. The number of carbonyl (C=O) groups is 2. The van der Waals surface area contributed by atoms with Crippen molar-refractivity contribution in [3.05, 3.63) is 108 Å². The van der Waals surface area contributed by atoms with Crippen LogP contribution in [0, 0.1) is 0 Å². The summed E-state index contributed by atoms with van der Waals surface area (Å²) >= 11 is 0. The van der Waals surface area contributed by atoms with Crippen LogP contribution in [-0.2, 0) is 11.4 Å². The summed E-state index contributed by atoms with van der Waals surface area (Å²) < 4.78 is 5.85. The summed E-state index contributed by atoms with van der Waals surface area (Å²) in [5.41, 5.74) is 1.43. The van der Waals surface area contributed by atoms with E-state index in [1.165, 1.54) is 6.07 Å². The lowest BCUT2D eigenvalue weighted by atomic mass is 10.1. The van der Waals surface area contributed by atoms with Crippen LogP contribution in [0.2, 0.25) is 0 Å². The SMILES string of the molecule is NN(OC(=O)c1cccc(OCc2cncc3ccccc23)c1)C(=O)c1ccccc1. The van der Waals surface area contributed by atoms with Crippen LogP contribution in [0.1, 0.15) is 26.3 Å². The normalized spacial score (nSPS) is 10.5. The summed E-state index contributed by atoms with van der Waals surface area (Å²) in [6.45, 7) is 0.280. The molecule has 0 atom stereocenters. The lowest BCUT2D eigenvalue weighted by Crippen LogP contribution is -2.39. The summed E-state index contributed by atoms with van der Waals surface area (Å²) in [5, 5.41) is 2.49. The number of hydroxylamine groups is 1. The van der Waals surface area contributed by atoms with Gasteiger partial charge in [-0.2, -0.15) is 0 Å². The van der Waals surface area contributed by atoms with E-state index in [0.717, 1.165) is 16.3 Å². The fraction of sp³-hybridized carbons (Fsp3) is 0.0417. The van der Waals surface area contributed by atoms with Gasteiger partial charge in [0.05, 0.1) is 5.56 Å². The van der Waals surface area contributed by atoms with Crippen molar-refractivity contribution in [2.75, 3.05) is 0 Å². The van der Waals surface area contributed by atoms with Crippen molar-refractivity contribution >= 4 is 22.6 Å². The third-order valence-corrected chi connectivity index (χ3v) is 4.62. The van der Waals surface area contributed by atoms with Crippen LogP contribution >= 0.6 is 0 Å². The second-order valence-electron chi connectivity index (χ2n) is 6.71. The minimum absolute atomic E-state index is 0.199. The lowest BCUT2D eigenvalue weighted by molar-refractivity contribution is -0.0829. The molecular weight excluding hydrogens is 394 g/mol. The molecule has 1 heterocycles. The van der Waals surface area contributed by atoms with E-state index in [4.69, 9.17) is 15.4 Å². The predicted octanol–water partition coefficient (Wildman–Crippen LogP) is 3.90. The Bertz CT molecular complexity index is 1220. The van der Waals surface area contributed by atoms with Gasteiger partial charge in [-0.25, -0.2) is 10.6 Å². The molecule has 0 saturated carbocycles. The Kier molecular flexibility index (Phi) is 5.86. The van der Waals surface area contributed by atoms with Crippen molar-refractivity contribution in [1.29, 1.82) is 0 Å². The molecule has 0 spiro atoms. The monoisotopic (exact) mass is 413 g/mol. The highest BCUT2D eigenvalue weighted by Gasteiger charge is 2.18. The number of ether oxygens (including phenoxy) is 1. The molecule has 7 nitrogen and oxygen atoms in total. The molecule has 4 rings (SSSR count). The molecule has 0 aliphatic heterocycles. The van der Waals surface area contributed by atoms with Crippen LogP contribution in [0.3, 0.4) is 0 Å². The Morgan fingerprint density at radius 2 is 1.61 bits per heavy atom. The smallest absolute Gasteiger partial charge is 0.365 e. The van der Waals surface area contributed by atoms with Gasteiger partial charge in [0.25, 0.3) is 0 Å². The molecule has 0 fully saturated rings. The second-order valence-corrected chi connectivity index (χ2v) is 6.71. The fourth-order valence-corrected chi connectivity index (χ4v) is 3.06. The summed E-state index contributed by atoms with van der Waals surface area (Å²) in [5.74, 6) is 4.68. The van der Waals surface area contributed by atoms with E-state index in [0.29, 0.717) is 16.5 Å². The molecule has 0 bridgehead atoms. The first-order valence-electron chi connectivity index (χ1n) is 9.53. The highest BCUT2D eigenvalue weighted by Crippen LogP contribution is 2.20. The van der Waals surface area contributed by atoms with E-state index in [1.807, 2.05) is 24.3 Å². The van der Waals surface area contributed by atoms with Gasteiger partial charge in [0.2, 0.25) is 0 Å². The van der Waals surface area contributed by atoms with E-state index in [1.54, 1.807) is 60.9 Å². The van der Waals surface area contributed by atoms with Crippen LogP contribution in [0.25, 0.3) is 10.8 Å². The Labute approximate surface area is 178 Å².